The molecule has 1 fully saturated rings. The molecule has 0 saturated carbocycles. The Bertz CT molecular complexity index is 348. The summed E-state index contributed by atoms with van der Waals surface area (Å²) in [4.78, 5) is 17.8. The van der Waals surface area contributed by atoms with Gasteiger partial charge in [-0.3, -0.25) is 9.79 Å². The summed E-state index contributed by atoms with van der Waals surface area (Å²) in [7, 11) is 3.27. The van der Waals surface area contributed by atoms with E-state index in [9.17, 15) is 4.79 Å². The molecular formula is C15H29N3O2S. The minimum atomic E-state index is -0.132. The van der Waals surface area contributed by atoms with Crippen molar-refractivity contribution in [1.82, 2.24) is 10.2 Å². The molecule has 1 aliphatic rings. The Hall–Kier alpha value is -0.910. The highest BCUT2D eigenvalue weighted by molar-refractivity contribution is 8.00. The number of carbonyl (C=O) groups is 1. The van der Waals surface area contributed by atoms with Gasteiger partial charge < -0.3 is 15.0 Å². The maximum atomic E-state index is 11.0. The van der Waals surface area contributed by atoms with Gasteiger partial charge in [0.2, 0.25) is 0 Å². The number of aliphatic imine (C=N–C) groups is 1. The fourth-order valence-corrected chi connectivity index (χ4v) is 3.60. The number of ether oxygens (including phenoxy) is 1. The van der Waals surface area contributed by atoms with Gasteiger partial charge in [-0.2, -0.15) is 11.8 Å². The van der Waals surface area contributed by atoms with Gasteiger partial charge in [0.05, 0.1) is 7.11 Å². The summed E-state index contributed by atoms with van der Waals surface area (Å²) < 4.78 is 4.63. The van der Waals surface area contributed by atoms with Gasteiger partial charge >= 0.3 is 5.97 Å². The highest BCUT2D eigenvalue weighted by Gasteiger charge is 2.24. The summed E-state index contributed by atoms with van der Waals surface area (Å²) >= 11 is 2.06. The van der Waals surface area contributed by atoms with Crippen LogP contribution in [0, 0.1) is 5.92 Å². The largest absolute Gasteiger partial charge is 0.469 e. The molecule has 1 heterocycles. The molecule has 21 heavy (non-hydrogen) atoms. The zero-order valence-corrected chi connectivity index (χ0v) is 14.5. The smallest absolute Gasteiger partial charge is 0.305 e. The normalized spacial score (nSPS) is 19.8. The second-order valence-electron chi connectivity index (χ2n) is 5.61. The maximum absolute atomic E-state index is 11.0. The minimum Gasteiger partial charge on any atom is -0.469 e. The van der Waals surface area contributed by atoms with Gasteiger partial charge in [-0.1, -0.05) is 13.8 Å². The molecule has 122 valence electrons. The molecule has 0 aromatic carbocycles. The molecule has 0 bridgehead atoms. The Kier molecular flexibility index (Phi) is 8.57. The third kappa shape index (κ3) is 6.59. The van der Waals surface area contributed by atoms with E-state index in [-0.39, 0.29) is 5.97 Å². The number of hydrogen-bond donors (Lipinski definition) is 1. The molecule has 1 N–H and O–H groups in total. The van der Waals surface area contributed by atoms with Crippen molar-refractivity contribution in [2.24, 2.45) is 10.9 Å². The van der Waals surface area contributed by atoms with Crippen LogP contribution in [0.15, 0.2) is 4.99 Å². The number of rotatable bonds is 6. The predicted octanol–water partition coefficient (Wildman–Crippen LogP) is 1.98. The summed E-state index contributed by atoms with van der Waals surface area (Å²) in [5, 5.41) is 4.08. The summed E-state index contributed by atoms with van der Waals surface area (Å²) in [5.41, 5.74) is 0. The lowest BCUT2D eigenvalue weighted by Crippen LogP contribution is -2.49. The molecule has 0 aromatic rings. The van der Waals surface area contributed by atoms with Crippen LogP contribution in [0.4, 0.5) is 0 Å². The van der Waals surface area contributed by atoms with Gasteiger partial charge in [-0.05, 0) is 18.8 Å². The average Bonchev–Trinajstić information content (AvgIpc) is 2.50. The molecule has 1 unspecified atom stereocenters. The standard InChI is InChI=1S/C15H29N3O2S/c1-12(2)13-11-18(9-10-21-13)15(16-3)17-8-6-5-7-14(19)20-4/h12-13H,5-11H2,1-4H3,(H,16,17). The van der Waals surface area contributed by atoms with E-state index in [1.165, 1.54) is 7.11 Å². The Labute approximate surface area is 132 Å². The van der Waals surface area contributed by atoms with Gasteiger partial charge in [-0.15, -0.1) is 0 Å². The number of carbonyl (C=O) groups excluding carboxylic acids is 1. The van der Waals surface area contributed by atoms with E-state index >= 15 is 0 Å². The van der Waals surface area contributed by atoms with E-state index in [2.05, 4.69) is 45.6 Å². The van der Waals surface area contributed by atoms with Crippen molar-refractivity contribution in [3.8, 4) is 0 Å². The van der Waals surface area contributed by atoms with Gasteiger partial charge in [0.1, 0.15) is 0 Å². The Morgan fingerprint density at radius 2 is 2.24 bits per heavy atom. The van der Waals surface area contributed by atoms with Crippen LogP contribution >= 0.6 is 11.8 Å². The first-order chi connectivity index (χ1) is 10.1. The molecule has 1 saturated heterocycles. The number of guanidine groups is 1. The number of thioether (sulfide) groups is 1. The van der Waals surface area contributed by atoms with Crippen molar-refractivity contribution in [2.75, 3.05) is 39.5 Å². The lowest BCUT2D eigenvalue weighted by atomic mass is 10.1. The monoisotopic (exact) mass is 315 g/mol. The molecule has 0 aliphatic carbocycles. The summed E-state index contributed by atoms with van der Waals surface area (Å²) in [6.45, 7) is 7.52. The Morgan fingerprint density at radius 3 is 2.86 bits per heavy atom. The first-order valence-corrected chi connectivity index (χ1v) is 8.77. The summed E-state index contributed by atoms with van der Waals surface area (Å²) in [5.74, 6) is 2.70. The molecule has 6 heteroatoms. The first-order valence-electron chi connectivity index (χ1n) is 7.72. The minimum absolute atomic E-state index is 0.132. The predicted molar refractivity (Wildman–Crippen MR) is 89.9 cm³/mol. The van der Waals surface area contributed by atoms with Crippen molar-refractivity contribution in [2.45, 2.75) is 38.4 Å². The number of hydrogen-bond acceptors (Lipinski definition) is 4. The molecule has 0 aromatic heterocycles. The van der Waals surface area contributed by atoms with Crippen LogP contribution in [0.1, 0.15) is 33.1 Å². The van der Waals surface area contributed by atoms with E-state index in [4.69, 9.17) is 0 Å². The summed E-state index contributed by atoms with van der Waals surface area (Å²) in [6.07, 6.45) is 2.29. The first kappa shape index (κ1) is 18.1. The fourth-order valence-electron chi connectivity index (χ4n) is 2.30. The van der Waals surface area contributed by atoms with Crippen LogP contribution in [0.3, 0.4) is 0 Å². The second kappa shape index (κ2) is 9.92. The van der Waals surface area contributed by atoms with Crippen LogP contribution in [-0.4, -0.2) is 61.6 Å². The van der Waals surface area contributed by atoms with E-state index in [1.807, 2.05) is 7.05 Å². The number of nitrogens with zero attached hydrogens (tertiary/aromatic N) is 2. The third-order valence-corrected chi connectivity index (χ3v) is 5.21. The van der Waals surface area contributed by atoms with Crippen molar-refractivity contribution < 1.29 is 9.53 Å². The van der Waals surface area contributed by atoms with Gasteiger partial charge in [-0.25, -0.2) is 0 Å². The molecule has 1 rings (SSSR count). The third-order valence-electron chi connectivity index (χ3n) is 3.67. The van der Waals surface area contributed by atoms with E-state index < -0.39 is 0 Å². The molecule has 5 nitrogen and oxygen atoms in total. The van der Waals surface area contributed by atoms with E-state index in [0.717, 1.165) is 44.2 Å². The van der Waals surface area contributed by atoms with Crippen molar-refractivity contribution in [1.29, 1.82) is 0 Å². The van der Waals surface area contributed by atoms with Gasteiger partial charge in [0.25, 0.3) is 0 Å². The summed E-state index contributed by atoms with van der Waals surface area (Å²) in [6, 6.07) is 0. The van der Waals surface area contributed by atoms with Crippen molar-refractivity contribution in [3.05, 3.63) is 0 Å². The molecule has 0 radical (unpaired) electrons. The quantitative estimate of drug-likeness (QED) is 0.351. The number of methoxy groups -OCH3 is 1. The molecule has 1 atom stereocenters. The topological polar surface area (TPSA) is 53.9 Å². The molecular weight excluding hydrogens is 286 g/mol. The zero-order valence-electron chi connectivity index (χ0n) is 13.7. The molecule has 0 spiro atoms. The lowest BCUT2D eigenvalue weighted by molar-refractivity contribution is -0.140. The van der Waals surface area contributed by atoms with Crippen LogP contribution in [0.2, 0.25) is 0 Å². The number of esters is 1. The van der Waals surface area contributed by atoms with Crippen LogP contribution in [-0.2, 0) is 9.53 Å². The maximum Gasteiger partial charge on any atom is 0.305 e. The zero-order chi connectivity index (χ0) is 15.7. The van der Waals surface area contributed by atoms with Crippen molar-refractivity contribution >= 4 is 23.7 Å². The van der Waals surface area contributed by atoms with E-state index in [0.29, 0.717) is 17.6 Å². The molecule has 0 amide bonds. The Morgan fingerprint density at radius 1 is 1.48 bits per heavy atom. The highest BCUT2D eigenvalue weighted by Crippen LogP contribution is 2.24. The van der Waals surface area contributed by atoms with Crippen LogP contribution in [0.5, 0.6) is 0 Å². The van der Waals surface area contributed by atoms with Crippen LogP contribution in [0.25, 0.3) is 0 Å². The average molecular weight is 315 g/mol. The Balaban J connectivity index is 2.29. The second-order valence-corrected chi connectivity index (χ2v) is 6.95. The number of nitrogens with one attached hydrogen (secondary N) is 1. The fraction of sp³-hybridized carbons (Fsp3) is 0.867. The highest BCUT2D eigenvalue weighted by atomic mass is 32.2. The van der Waals surface area contributed by atoms with Gasteiger partial charge in [0, 0.05) is 44.1 Å². The van der Waals surface area contributed by atoms with E-state index in [1.54, 1.807) is 0 Å². The molecule has 1 aliphatic heterocycles. The number of unbranched alkanes of at least 4 members (excludes halogenated alkanes) is 1. The van der Waals surface area contributed by atoms with Crippen molar-refractivity contribution in [3.63, 3.8) is 0 Å². The van der Waals surface area contributed by atoms with Crippen LogP contribution < -0.4 is 5.32 Å². The lowest BCUT2D eigenvalue weighted by Gasteiger charge is -2.36. The SMILES string of the molecule is CN=C(NCCCCC(=O)OC)N1CCSC(C(C)C)C1. The van der Waals surface area contributed by atoms with Gasteiger partial charge in [0.15, 0.2) is 5.96 Å².